The van der Waals surface area contributed by atoms with E-state index in [1.165, 1.54) is 30.7 Å². The molecule has 0 spiro atoms. The van der Waals surface area contributed by atoms with Gasteiger partial charge in [0.1, 0.15) is 0 Å². The second-order valence-corrected chi connectivity index (χ2v) is 8.28. The van der Waals surface area contributed by atoms with Crippen LogP contribution in [0.2, 0.25) is 5.02 Å². The third-order valence-electron chi connectivity index (χ3n) is 4.42. The first-order valence-corrected chi connectivity index (χ1v) is 9.77. The number of nitro benzene ring substituents is 1. The third kappa shape index (κ3) is 3.58. The normalized spacial score (nSPS) is 14.5. The lowest BCUT2D eigenvalue weighted by molar-refractivity contribution is -0.387. The van der Waals surface area contributed by atoms with Crippen molar-refractivity contribution in [3.63, 3.8) is 0 Å². The van der Waals surface area contributed by atoms with Gasteiger partial charge in [-0.05, 0) is 41.8 Å². The van der Waals surface area contributed by atoms with Crippen molar-refractivity contribution in [2.24, 2.45) is 0 Å². The van der Waals surface area contributed by atoms with E-state index in [1.807, 2.05) is 6.07 Å². The molecule has 2 aromatic carbocycles. The van der Waals surface area contributed by atoms with Crippen LogP contribution in [-0.4, -0.2) is 38.4 Å². The number of methoxy groups -OCH3 is 2. The van der Waals surface area contributed by atoms with Gasteiger partial charge in [-0.2, -0.15) is 4.31 Å². The molecule has 0 fully saturated rings. The van der Waals surface area contributed by atoms with Crippen LogP contribution in [0.3, 0.4) is 0 Å². The van der Waals surface area contributed by atoms with Crippen molar-refractivity contribution in [3.05, 3.63) is 56.6 Å². The molecule has 144 valence electrons. The largest absolute Gasteiger partial charge is 0.493 e. The number of nitro groups is 1. The Labute approximate surface area is 161 Å². The van der Waals surface area contributed by atoms with Gasteiger partial charge in [-0.25, -0.2) is 8.42 Å². The third-order valence-corrected chi connectivity index (χ3v) is 6.55. The van der Waals surface area contributed by atoms with Crippen LogP contribution in [0.1, 0.15) is 11.1 Å². The minimum absolute atomic E-state index is 0.0812. The molecule has 1 aliphatic rings. The van der Waals surface area contributed by atoms with Gasteiger partial charge in [0.25, 0.3) is 5.69 Å². The number of hydrogen-bond donors (Lipinski definition) is 0. The van der Waals surface area contributed by atoms with Crippen LogP contribution in [0.5, 0.6) is 11.5 Å². The summed E-state index contributed by atoms with van der Waals surface area (Å²) in [6.07, 6.45) is 0.455. The number of sulfonamides is 1. The molecule has 0 unspecified atom stereocenters. The van der Waals surface area contributed by atoms with Crippen LogP contribution in [0.4, 0.5) is 5.69 Å². The monoisotopic (exact) mass is 412 g/mol. The summed E-state index contributed by atoms with van der Waals surface area (Å²) in [5.41, 5.74) is 1.17. The Bertz CT molecular complexity index is 1010. The molecule has 0 N–H and O–H groups in total. The number of halogens is 1. The molecule has 0 saturated carbocycles. The summed E-state index contributed by atoms with van der Waals surface area (Å²) in [7, 11) is -1.04. The van der Waals surface area contributed by atoms with Gasteiger partial charge in [0.15, 0.2) is 16.4 Å². The molecule has 0 saturated heterocycles. The molecule has 27 heavy (non-hydrogen) atoms. The van der Waals surface area contributed by atoms with Crippen molar-refractivity contribution in [1.82, 2.24) is 4.31 Å². The average molecular weight is 413 g/mol. The van der Waals surface area contributed by atoms with E-state index in [2.05, 4.69) is 0 Å². The van der Waals surface area contributed by atoms with Gasteiger partial charge < -0.3 is 9.47 Å². The van der Waals surface area contributed by atoms with Crippen molar-refractivity contribution in [2.75, 3.05) is 20.8 Å². The topological polar surface area (TPSA) is 99.0 Å². The molecular weight excluding hydrogens is 396 g/mol. The number of fused-ring (bicyclic) bond motifs is 1. The summed E-state index contributed by atoms with van der Waals surface area (Å²) in [6.45, 7) is 0.280. The minimum Gasteiger partial charge on any atom is -0.493 e. The maximum absolute atomic E-state index is 13.0. The van der Waals surface area contributed by atoms with E-state index in [0.29, 0.717) is 17.9 Å². The predicted octanol–water partition coefficient (Wildman–Crippen LogP) is 3.01. The Morgan fingerprint density at radius 3 is 2.33 bits per heavy atom. The molecule has 10 heteroatoms. The van der Waals surface area contributed by atoms with E-state index in [4.69, 9.17) is 21.1 Å². The van der Waals surface area contributed by atoms with Crippen LogP contribution in [0.15, 0.2) is 35.2 Å². The van der Waals surface area contributed by atoms with Crippen LogP contribution in [-0.2, 0) is 23.0 Å². The Morgan fingerprint density at radius 2 is 1.74 bits per heavy atom. The predicted molar refractivity (Wildman–Crippen MR) is 99.0 cm³/mol. The number of hydrogen-bond acceptors (Lipinski definition) is 6. The molecule has 0 radical (unpaired) electrons. The first-order valence-electron chi connectivity index (χ1n) is 7.95. The quantitative estimate of drug-likeness (QED) is 0.553. The molecule has 2 aromatic rings. The SMILES string of the molecule is COc1cc2c(cc1OC)CN(S(=O)(=O)c1ccc(Cl)cc1[N+](=O)[O-])CC2. The Morgan fingerprint density at radius 1 is 1.11 bits per heavy atom. The molecule has 8 nitrogen and oxygen atoms in total. The zero-order valence-corrected chi connectivity index (χ0v) is 16.2. The molecule has 0 aromatic heterocycles. The van der Waals surface area contributed by atoms with E-state index in [0.717, 1.165) is 17.2 Å². The fraction of sp³-hybridized carbons (Fsp3) is 0.294. The molecule has 1 aliphatic heterocycles. The lowest BCUT2D eigenvalue weighted by Gasteiger charge is -2.28. The molecular formula is C17H17ClN2O6S. The molecule has 0 amide bonds. The van der Waals surface area contributed by atoms with Crippen LogP contribution >= 0.6 is 11.6 Å². The first-order chi connectivity index (χ1) is 12.8. The highest BCUT2D eigenvalue weighted by Gasteiger charge is 2.34. The Kier molecular flexibility index (Phi) is 5.27. The number of nitrogens with zero attached hydrogens (tertiary/aromatic N) is 2. The highest BCUT2D eigenvalue weighted by atomic mass is 35.5. The highest BCUT2D eigenvalue weighted by Crippen LogP contribution is 2.36. The lowest BCUT2D eigenvalue weighted by atomic mass is 10.0. The zero-order chi connectivity index (χ0) is 19.8. The number of ether oxygens (including phenoxy) is 2. The standard InChI is InChI=1S/C17H17ClN2O6S/c1-25-15-7-11-5-6-19(10-12(11)8-16(15)26-2)27(23,24)17-4-3-13(18)9-14(17)20(21)22/h3-4,7-9H,5-6,10H2,1-2H3. The summed E-state index contributed by atoms with van der Waals surface area (Å²) in [5.74, 6) is 1.06. The summed E-state index contributed by atoms with van der Waals surface area (Å²) in [4.78, 5) is 10.2. The van der Waals surface area contributed by atoms with Gasteiger partial charge in [0.05, 0.1) is 19.1 Å². The van der Waals surface area contributed by atoms with Gasteiger partial charge in [0, 0.05) is 24.2 Å². The van der Waals surface area contributed by atoms with Gasteiger partial charge in [0.2, 0.25) is 10.0 Å². The first kappa shape index (κ1) is 19.4. The van der Waals surface area contributed by atoms with Crippen molar-refractivity contribution in [2.45, 2.75) is 17.9 Å². The average Bonchev–Trinajstić information content (AvgIpc) is 2.65. The summed E-state index contributed by atoms with van der Waals surface area (Å²) in [5, 5.41) is 11.4. The minimum atomic E-state index is -4.07. The fourth-order valence-electron chi connectivity index (χ4n) is 3.05. The molecule has 1 heterocycles. The highest BCUT2D eigenvalue weighted by molar-refractivity contribution is 7.89. The van der Waals surface area contributed by atoms with Gasteiger partial charge in [-0.1, -0.05) is 11.6 Å². The van der Waals surface area contributed by atoms with E-state index < -0.39 is 20.6 Å². The van der Waals surface area contributed by atoms with Crippen LogP contribution < -0.4 is 9.47 Å². The second kappa shape index (κ2) is 7.34. The molecule has 0 atom stereocenters. The van der Waals surface area contributed by atoms with Gasteiger partial charge in [-0.15, -0.1) is 0 Å². The summed E-state index contributed by atoms with van der Waals surface area (Å²) < 4.78 is 37.8. The molecule has 0 aliphatic carbocycles. The van der Waals surface area contributed by atoms with E-state index >= 15 is 0 Å². The number of rotatable bonds is 5. The zero-order valence-electron chi connectivity index (χ0n) is 14.6. The lowest BCUT2D eigenvalue weighted by Crippen LogP contribution is -2.36. The second-order valence-electron chi connectivity index (χ2n) is 5.93. The van der Waals surface area contributed by atoms with Crippen LogP contribution in [0, 0.1) is 10.1 Å². The van der Waals surface area contributed by atoms with Gasteiger partial charge in [-0.3, -0.25) is 10.1 Å². The number of benzene rings is 2. The van der Waals surface area contributed by atoms with Crippen molar-refractivity contribution in [1.29, 1.82) is 0 Å². The van der Waals surface area contributed by atoms with E-state index in [1.54, 1.807) is 6.07 Å². The van der Waals surface area contributed by atoms with Crippen molar-refractivity contribution >= 4 is 27.3 Å². The summed E-state index contributed by atoms with van der Waals surface area (Å²) in [6, 6.07) is 7.09. The smallest absolute Gasteiger partial charge is 0.290 e. The van der Waals surface area contributed by atoms with Gasteiger partial charge >= 0.3 is 0 Å². The van der Waals surface area contributed by atoms with Crippen molar-refractivity contribution in [3.8, 4) is 11.5 Å². The fourth-order valence-corrected chi connectivity index (χ4v) is 4.78. The molecule has 0 bridgehead atoms. The van der Waals surface area contributed by atoms with Crippen molar-refractivity contribution < 1.29 is 22.8 Å². The Balaban J connectivity index is 2.01. The Hall–Kier alpha value is -2.36. The van der Waals surface area contributed by atoms with Crippen LogP contribution in [0.25, 0.3) is 0 Å². The maximum atomic E-state index is 13.0. The maximum Gasteiger partial charge on any atom is 0.290 e. The van der Waals surface area contributed by atoms with E-state index in [9.17, 15) is 18.5 Å². The van der Waals surface area contributed by atoms with E-state index in [-0.39, 0.29) is 23.0 Å². The molecule has 3 rings (SSSR count). The summed E-state index contributed by atoms with van der Waals surface area (Å²) >= 11 is 5.79.